The molecule has 29 heavy (non-hydrogen) atoms. The predicted octanol–water partition coefficient (Wildman–Crippen LogP) is -0.258. The Morgan fingerprint density at radius 3 is 2.66 bits per heavy atom. The van der Waals surface area contributed by atoms with Crippen LogP contribution in [-0.2, 0) is 19.0 Å². The maximum atomic E-state index is 12.6. The van der Waals surface area contributed by atoms with Crippen LogP contribution in [0, 0.1) is 6.92 Å². The first-order valence-electron chi connectivity index (χ1n) is 8.69. The van der Waals surface area contributed by atoms with E-state index >= 15 is 0 Å². The molecule has 0 unspecified atom stereocenters. The minimum Gasteiger partial charge on any atom is -0.394 e. The summed E-state index contributed by atoms with van der Waals surface area (Å²) >= 11 is 0. The maximum absolute atomic E-state index is 12.6. The molecule has 1 saturated heterocycles. The molecule has 4 rings (SSSR count). The van der Waals surface area contributed by atoms with Crippen LogP contribution in [0.3, 0.4) is 0 Å². The lowest BCUT2D eigenvalue weighted by molar-refractivity contribution is -0.0502. The molecule has 1 aliphatic heterocycles. The summed E-state index contributed by atoms with van der Waals surface area (Å²) in [6.07, 6.45) is -2.38. The van der Waals surface area contributed by atoms with Gasteiger partial charge in [-0.25, -0.2) is 15.0 Å². The second-order valence-corrected chi connectivity index (χ2v) is 8.22. The van der Waals surface area contributed by atoms with Gasteiger partial charge in [0.2, 0.25) is 0 Å². The highest BCUT2D eigenvalue weighted by atomic mass is 32.2. The number of nitrogens with two attached hydrogens (primary N) is 1. The average Bonchev–Trinajstić information content (AvgIpc) is 3.24. The van der Waals surface area contributed by atoms with Crippen molar-refractivity contribution in [3.8, 4) is 0 Å². The van der Waals surface area contributed by atoms with E-state index in [-0.39, 0.29) is 10.7 Å². The van der Waals surface area contributed by atoms with Gasteiger partial charge >= 0.3 is 0 Å². The van der Waals surface area contributed by atoms with E-state index in [1.54, 1.807) is 12.1 Å². The zero-order valence-corrected chi connectivity index (χ0v) is 16.1. The molecule has 12 heteroatoms. The van der Waals surface area contributed by atoms with Crippen molar-refractivity contribution < 1.29 is 27.6 Å². The normalized spacial score (nSPS) is 24.9. The van der Waals surface area contributed by atoms with Crippen LogP contribution in [0.25, 0.3) is 11.2 Å². The molecule has 4 N–H and O–H groups in total. The number of hydrogen-bond acceptors (Lipinski definition) is 10. The van der Waals surface area contributed by atoms with Crippen molar-refractivity contribution in [1.29, 1.82) is 0 Å². The number of benzene rings is 1. The van der Waals surface area contributed by atoms with Gasteiger partial charge in [0.15, 0.2) is 17.7 Å². The largest absolute Gasteiger partial charge is 0.394 e. The number of ether oxygens (including phenoxy) is 1. The summed E-state index contributed by atoms with van der Waals surface area (Å²) in [5, 5.41) is 20.4. The molecule has 0 radical (unpaired) electrons. The lowest BCUT2D eigenvalue weighted by Gasteiger charge is -2.19. The van der Waals surface area contributed by atoms with Crippen LogP contribution in [0.5, 0.6) is 0 Å². The van der Waals surface area contributed by atoms with Crippen molar-refractivity contribution in [3.63, 3.8) is 0 Å². The fourth-order valence-corrected chi connectivity index (χ4v) is 4.29. The van der Waals surface area contributed by atoms with Crippen LogP contribution >= 0.6 is 0 Å². The number of hydrogen-bond donors (Lipinski definition) is 3. The number of aliphatic hydroxyl groups is 2. The third-order valence-electron chi connectivity index (χ3n) is 4.70. The lowest BCUT2D eigenvalue weighted by atomic mass is 10.1. The van der Waals surface area contributed by atoms with Crippen molar-refractivity contribution in [2.45, 2.75) is 36.4 Å². The van der Waals surface area contributed by atoms with Crippen molar-refractivity contribution in [1.82, 2.24) is 19.5 Å². The molecule has 0 aliphatic carbocycles. The number of imidazole rings is 1. The molecule has 3 aromatic rings. The quantitative estimate of drug-likeness (QED) is 0.468. The highest BCUT2D eigenvalue weighted by Gasteiger charge is 2.48. The summed E-state index contributed by atoms with van der Waals surface area (Å²) in [5.41, 5.74) is 7.25. The van der Waals surface area contributed by atoms with Crippen molar-refractivity contribution >= 4 is 27.1 Å². The van der Waals surface area contributed by atoms with E-state index < -0.39 is 41.3 Å². The Hall–Kier alpha value is -2.64. The van der Waals surface area contributed by atoms with Crippen LogP contribution in [0.2, 0.25) is 0 Å². The van der Waals surface area contributed by atoms with E-state index in [0.717, 1.165) is 5.56 Å². The monoisotopic (exact) mass is 421 g/mol. The standard InChI is InChI=1S/C17H19N5O6S/c1-9-2-4-10(5-3-9)29(25,26)28-14-11(6-23)27-17(13(14)24)22-8-21-12-15(18)19-7-20-16(12)22/h2-5,7-8,11,13-14,17,23-24H,6H2,1H3,(H2,18,19,20)/t11-,13+,14+,17-/m1/s1. The molecule has 0 saturated carbocycles. The minimum absolute atomic E-state index is 0.0657. The Bertz CT molecular complexity index is 1130. The SMILES string of the molecule is Cc1ccc(S(=O)(=O)O[C@@H]2[C@H](O)[C@H](n3cnc4c(N)ncnc43)O[C@@H]2CO)cc1. The highest BCUT2D eigenvalue weighted by Crippen LogP contribution is 2.35. The number of aromatic nitrogens is 4. The van der Waals surface area contributed by atoms with E-state index in [9.17, 15) is 18.6 Å². The molecule has 11 nitrogen and oxygen atoms in total. The zero-order valence-electron chi connectivity index (χ0n) is 15.3. The first-order chi connectivity index (χ1) is 13.8. The summed E-state index contributed by atoms with van der Waals surface area (Å²) in [7, 11) is -4.20. The van der Waals surface area contributed by atoms with Gasteiger partial charge in [0.25, 0.3) is 10.1 Å². The molecule has 0 amide bonds. The van der Waals surface area contributed by atoms with Gasteiger partial charge in [-0.2, -0.15) is 8.42 Å². The van der Waals surface area contributed by atoms with Gasteiger partial charge in [-0.05, 0) is 19.1 Å². The summed E-state index contributed by atoms with van der Waals surface area (Å²) in [6.45, 7) is 1.26. The van der Waals surface area contributed by atoms with Crippen molar-refractivity contribution in [3.05, 3.63) is 42.5 Å². The zero-order chi connectivity index (χ0) is 20.8. The molecule has 3 heterocycles. The average molecular weight is 421 g/mol. The Morgan fingerprint density at radius 1 is 1.24 bits per heavy atom. The molecular formula is C17H19N5O6S. The second kappa shape index (κ2) is 7.31. The van der Waals surface area contributed by atoms with Crippen LogP contribution in [0.15, 0.2) is 41.8 Å². The van der Waals surface area contributed by atoms with E-state index in [4.69, 9.17) is 14.7 Å². The number of fused-ring (bicyclic) bond motifs is 1. The van der Waals surface area contributed by atoms with Crippen molar-refractivity contribution in [2.75, 3.05) is 12.3 Å². The Kier molecular flexibility index (Phi) is 4.96. The smallest absolute Gasteiger partial charge is 0.297 e. The van der Waals surface area contributed by atoms with E-state index in [1.807, 2.05) is 6.92 Å². The molecule has 1 aliphatic rings. The molecule has 1 aromatic carbocycles. The maximum Gasteiger partial charge on any atom is 0.297 e. The van der Waals surface area contributed by atoms with Gasteiger partial charge in [0, 0.05) is 0 Å². The van der Waals surface area contributed by atoms with E-state index in [1.165, 1.54) is 29.4 Å². The van der Waals surface area contributed by atoms with Gasteiger partial charge in [0.1, 0.15) is 30.2 Å². The lowest BCUT2D eigenvalue weighted by Crippen LogP contribution is -2.37. The van der Waals surface area contributed by atoms with Gasteiger partial charge in [-0.15, -0.1) is 0 Å². The molecular weight excluding hydrogens is 402 g/mol. The van der Waals surface area contributed by atoms with E-state index in [0.29, 0.717) is 11.2 Å². The number of aryl methyl sites for hydroxylation is 1. The Balaban J connectivity index is 1.64. The molecule has 0 spiro atoms. The fourth-order valence-electron chi connectivity index (χ4n) is 3.18. The number of anilines is 1. The molecule has 2 aromatic heterocycles. The Morgan fingerprint density at radius 2 is 1.97 bits per heavy atom. The summed E-state index contributed by atoms with van der Waals surface area (Å²) in [5.74, 6) is 0.148. The summed E-state index contributed by atoms with van der Waals surface area (Å²) in [6, 6.07) is 6.07. The van der Waals surface area contributed by atoms with E-state index in [2.05, 4.69) is 15.0 Å². The van der Waals surface area contributed by atoms with Crippen LogP contribution in [0.4, 0.5) is 5.82 Å². The molecule has 154 valence electrons. The molecule has 1 fully saturated rings. The van der Waals surface area contributed by atoms with Crippen LogP contribution in [-0.4, -0.2) is 63.1 Å². The number of nitrogen functional groups attached to an aromatic ring is 1. The number of nitrogens with zero attached hydrogens (tertiary/aromatic N) is 4. The van der Waals surface area contributed by atoms with Gasteiger partial charge in [0.05, 0.1) is 17.8 Å². The molecule has 0 bridgehead atoms. The Labute approximate surface area is 165 Å². The fraction of sp³-hybridized carbons (Fsp3) is 0.353. The molecule has 4 atom stereocenters. The summed E-state index contributed by atoms with van der Waals surface area (Å²) < 4.78 is 37.6. The third-order valence-corrected chi connectivity index (χ3v) is 6.02. The minimum atomic E-state index is -4.20. The van der Waals surface area contributed by atoms with Crippen molar-refractivity contribution in [2.24, 2.45) is 0 Å². The number of rotatable bonds is 5. The van der Waals surface area contributed by atoms with Crippen LogP contribution in [0.1, 0.15) is 11.8 Å². The first kappa shape index (κ1) is 19.7. The third kappa shape index (κ3) is 3.45. The predicted molar refractivity (Wildman–Crippen MR) is 100.0 cm³/mol. The summed E-state index contributed by atoms with van der Waals surface area (Å²) in [4.78, 5) is 12.0. The second-order valence-electron chi connectivity index (χ2n) is 6.65. The first-order valence-corrected chi connectivity index (χ1v) is 10.1. The number of aliphatic hydroxyl groups excluding tert-OH is 2. The van der Waals surface area contributed by atoms with Gasteiger partial charge in [-0.3, -0.25) is 8.75 Å². The van der Waals surface area contributed by atoms with Gasteiger partial charge < -0.3 is 20.7 Å². The highest BCUT2D eigenvalue weighted by molar-refractivity contribution is 7.86. The van der Waals surface area contributed by atoms with Crippen LogP contribution < -0.4 is 5.73 Å². The topological polar surface area (TPSA) is 163 Å². The van der Waals surface area contributed by atoms with Gasteiger partial charge in [-0.1, -0.05) is 17.7 Å².